The van der Waals surface area contributed by atoms with Gasteiger partial charge in [-0.05, 0) is 60.9 Å². The van der Waals surface area contributed by atoms with Crippen LogP contribution in [0.5, 0.6) is 0 Å². The maximum absolute atomic E-state index is 13.3. The zero-order chi connectivity index (χ0) is 24.3. The first-order chi connectivity index (χ1) is 16.3. The number of Topliss-reactive ketones (excluding diaryl/α,β-unsaturated/α-hetero) is 1. The molecule has 1 atom stereocenters. The number of H-pyrrole nitrogens is 1. The van der Waals surface area contributed by atoms with Crippen molar-refractivity contribution in [1.29, 1.82) is 0 Å². The Balaban J connectivity index is 1.53. The zero-order valence-corrected chi connectivity index (χ0v) is 18.3. The first kappa shape index (κ1) is 23.4. The third-order valence-corrected chi connectivity index (χ3v) is 5.78. The number of nitrogens with one attached hydrogen (secondary N) is 2. The van der Waals surface area contributed by atoms with E-state index in [4.69, 9.17) is 0 Å². The molecule has 0 saturated heterocycles. The summed E-state index contributed by atoms with van der Waals surface area (Å²) in [6.07, 6.45) is -0.621. The quantitative estimate of drug-likeness (QED) is 0.228. The predicted octanol–water partition coefficient (Wildman–Crippen LogP) is 6.49. The zero-order valence-electron chi connectivity index (χ0n) is 18.3. The molecule has 1 unspecified atom stereocenters. The molecule has 0 bridgehead atoms. The second kappa shape index (κ2) is 9.62. The average Bonchev–Trinajstić information content (AvgIpc) is 3.33. The largest absolute Gasteiger partial charge is 0.433 e. The minimum atomic E-state index is -4.55. The van der Waals surface area contributed by atoms with Gasteiger partial charge >= 0.3 is 6.18 Å². The highest BCUT2D eigenvalue weighted by Gasteiger charge is 2.36. The molecule has 0 aliphatic rings. The smallest absolute Gasteiger partial charge is 0.384 e. The minimum absolute atomic E-state index is 0.0415. The predicted molar refractivity (Wildman–Crippen MR) is 122 cm³/mol. The van der Waals surface area contributed by atoms with Gasteiger partial charge in [-0.25, -0.2) is 4.39 Å². The van der Waals surface area contributed by atoms with Gasteiger partial charge in [-0.3, -0.25) is 14.9 Å². The van der Waals surface area contributed by atoms with E-state index in [1.165, 1.54) is 24.3 Å². The summed E-state index contributed by atoms with van der Waals surface area (Å²) in [4.78, 5) is 17.1. The van der Waals surface area contributed by atoms with Crippen LogP contribution in [0.3, 0.4) is 0 Å². The van der Waals surface area contributed by atoms with Gasteiger partial charge in [-0.1, -0.05) is 13.0 Å². The number of benzene rings is 2. The van der Waals surface area contributed by atoms with Crippen molar-refractivity contribution in [2.24, 2.45) is 5.92 Å². The molecule has 0 radical (unpaired) electrons. The van der Waals surface area contributed by atoms with Crippen LogP contribution < -0.4 is 5.32 Å². The molecule has 2 heterocycles. The molecule has 0 fully saturated rings. The second-order valence-corrected chi connectivity index (χ2v) is 7.94. The van der Waals surface area contributed by atoms with Crippen LogP contribution in [-0.2, 0) is 6.18 Å². The first-order valence-corrected chi connectivity index (χ1v) is 10.8. The molecule has 5 nitrogen and oxygen atoms in total. The van der Waals surface area contributed by atoms with Gasteiger partial charge < -0.3 is 5.32 Å². The van der Waals surface area contributed by atoms with Crippen LogP contribution >= 0.6 is 0 Å². The summed E-state index contributed by atoms with van der Waals surface area (Å²) in [6.45, 7) is 2.39. The molecule has 2 aromatic carbocycles. The molecule has 4 aromatic rings. The molecule has 176 valence electrons. The summed E-state index contributed by atoms with van der Waals surface area (Å²) in [7, 11) is 0. The van der Waals surface area contributed by atoms with Crippen LogP contribution in [0, 0.1) is 11.7 Å². The summed E-state index contributed by atoms with van der Waals surface area (Å²) < 4.78 is 53.1. The van der Waals surface area contributed by atoms with Crippen molar-refractivity contribution in [2.45, 2.75) is 25.9 Å². The van der Waals surface area contributed by atoms with Crippen molar-refractivity contribution < 1.29 is 22.4 Å². The number of anilines is 1. The Morgan fingerprint density at radius 2 is 1.88 bits per heavy atom. The standard InChI is InChI=1S/C25H22F4N4O/c1-2-15(23(34)16-3-6-18(26)7-4-16)9-11-30-22-10-12-31-21-8-5-17(13-19(21)22)20-14-32-33-24(20)25(27,28)29/h3-8,10,12-15H,2,9,11H2,1H3,(H,30,31)(H,32,33). The summed E-state index contributed by atoms with van der Waals surface area (Å²) in [5.41, 5.74) is 1.21. The monoisotopic (exact) mass is 470 g/mol. The molecule has 0 saturated carbocycles. The van der Waals surface area contributed by atoms with Crippen LogP contribution in [0.15, 0.2) is 60.9 Å². The molecular formula is C25H22F4N4O. The number of hydrogen-bond acceptors (Lipinski definition) is 4. The molecule has 9 heteroatoms. The van der Waals surface area contributed by atoms with Gasteiger partial charge in [0.25, 0.3) is 0 Å². The maximum atomic E-state index is 13.3. The number of halogens is 4. The van der Waals surface area contributed by atoms with Crippen LogP contribution in [0.1, 0.15) is 35.8 Å². The van der Waals surface area contributed by atoms with Crippen molar-refractivity contribution in [3.8, 4) is 11.1 Å². The van der Waals surface area contributed by atoms with E-state index in [9.17, 15) is 22.4 Å². The van der Waals surface area contributed by atoms with Crippen LogP contribution in [-0.4, -0.2) is 27.5 Å². The van der Waals surface area contributed by atoms with E-state index in [0.717, 1.165) is 6.20 Å². The highest BCUT2D eigenvalue weighted by molar-refractivity contribution is 5.98. The molecule has 0 aliphatic carbocycles. The van der Waals surface area contributed by atoms with Crippen LogP contribution in [0.2, 0.25) is 0 Å². The van der Waals surface area contributed by atoms with E-state index >= 15 is 0 Å². The number of carbonyl (C=O) groups excluding carboxylic acids is 1. The molecule has 2 N–H and O–H groups in total. The van der Waals surface area contributed by atoms with Crippen molar-refractivity contribution in [1.82, 2.24) is 15.2 Å². The van der Waals surface area contributed by atoms with Gasteiger partial charge in [0.05, 0.1) is 11.7 Å². The highest BCUT2D eigenvalue weighted by Crippen LogP contribution is 2.37. The van der Waals surface area contributed by atoms with E-state index in [1.807, 2.05) is 12.0 Å². The lowest BCUT2D eigenvalue weighted by atomic mass is 9.92. The fourth-order valence-electron chi connectivity index (χ4n) is 3.94. The van der Waals surface area contributed by atoms with Crippen LogP contribution in [0.4, 0.5) is 23.2 Å². The lowest BCUT2D eigenvalue weighted by molar-refractivity contribution is -0.140. The average molecular weight is 470 g/mol. The van der Waals surface area contributed by atoms with Gasteiger partial charge in [0.1, 0.15) is 11.5 Å². The number of hydrogen-bond donors (Lipinski definition) is 2. The van der Waals surface area contributed by atoms with Crippen molar-refractivity contribution in [3.05, 3.63) is 78.0 Å². The Morgan fingerprint density at radius 1 is 1.12 bits per heavy atom. The molecular weight excluding hydrogens is 448 g/mol. The fraction of sp³-hybridized carbons (Fsp3) is 0.240. The number of alkyl halides is 3. The Morgan fingerprint density at radius 3 is 2.59 bits per heavy atom. The minimum Gasteiger partial charge on any atom is -0.384 e. The van der Waals surface area contributed by atoms with Gasteiger partial charge in [0.2, 0.25) is 0 Å². The first-order valence-electron chi connectivity index (χ1n) is 10.8. The molecule has 0 aliphatic heterocycles. The van der Waals surface area contributed by atoms with Crippen molar-refractivity contribution >= 4 is 22.4 Å². The molecule has 2 aromatic heterocycles. The fourth-order valence-corrected chi connectivity index (χ4v) is 3.94. The number of ketones is 1. The number of nitrogens with zero attached hydrogens (tertiary/aromatic N) is 2. The lowest BCUT2D eigenvalue weighted by Gasteiger charge is -2.16. The summed E-state index contributed by atoms with van der Waals surface area (Å²) >= 11 is 0. The summed E-state index contributed by atoms with van der Waals surface area (Å²) in [5.74, 6) is -0.694. The van der Waals surface area contributed by atoms with Crippen molar-refractivity contribution in [3.63, 3.8) is 0 Å². The summed E-state index contributed by atoms with van der Waals surface area (Å²) in [5, 5.41) is 9.54. The normalized spacial score (nSPS) is 12.6. The van der Waals surface area contributed by atoms with Crippen molar-refractivity contribution in [2.75, 3.05) is 11.9 Å². The van der Waals surface area contributed by atoms with E-state index < -0.39 is 17.7 Å². The number of aromatic nitrogens is 3. The Hall–Kier alpha value is -3.75. The van der Waals surface area contributed by atoms with E-state index in [2.05, 4.69) is 15.4 Å². The molecule has 34 heavy (non-hydrogen) atoms. The molecule has 4 rings (SSSR count). The number of aromatic amines is 1. The third kappa shape index (κ3) is 4.93. The van der Waals surface area contributed by atoms with E-state index in [0.29, 0.717) is 47.1 Å². The van der Waals surface area contributed by atoms with E-state index in [1.54, 1.807) is 30.5 Å². The molecule has 0 spiro atoms. The topological polar surface area (TPSA) is 70.7 Å². The Bertz CT molecular complexity index is 1300. The Labute approximate surface area is 193 Å². The second-order valence-electron chi connectivity index (χ2n) is 7.94. The number of carbonyl (C=O) groups is 1. The van der Waals surface area contributed by atoms with E-state index in [-0.39, 0.29) is 17.3 Å². The van der Waals surface area contributed by atoms with Gasteiger partial charge in [0, 0.05) is 40.9 Å². The van der Waals surface area contributed by atoms with Gasteiger partial charge in [0.15, 0.2) is 5.78 Å². The lowest BCUT2D eigenvalue weighted by Crippen LogP contribution is -2.18. The third-order valence-electron chi connectivity index (χ3n) is 5.78. The van der Waals surface area contributed by atoms with Crippen LogP contribution in [0.25, 0.3) is 22.0 Å². The van der Waals surface area contributed by atoms with Gasteiger partial charge in [-0.15, -0.1) is 0 Å². The summed E-state index contributed by atoms with van der Waals surface area (Å²) in [6, 6.07) is 12.1. The number of rotatable bonds is 8. The maximum Gasteiger partial charge on any atom is 0.433 e. The highest BCUT2D eigenvalue weighted by atomic mass is 19.4. The number of fused-ring (bicyclic) bond motifs is 1. The SMILES string of the molecule is CCC(CCNc1ccnc2ccc(-c3cn[nH]c3C(F)(F)F)cc12)C(=O)c1ccc(F)cc1. The molecule has 0 amide bonds. The van der Waals surface area contributed by atoms with Gasteiger partial charge in [-0.2, -0.15) is 18.3 Å². The Kier molecular flexibility index (Phi) is 6.63. The number of pyridine rings is 1.